The van der Waals surface area contributed by atoms with Gasteiger partial charge in [0, 0.05) is 33.2 Å². The van der Waals surface area contributed by atoms with Gasteiger partial charge < -0.3 is 9.32 Å². The highest BCUT2D eigenvalue weighted by Gasteiger charge is 2.28. The van der Waals surface area contributed by atoms with Gasteiger partial charge in [0.2, 0.25) is 0 Å². The molecule has 1 saturated heterocycles. The van der Waals surface area contributed by atoms with E-state index in [0.717, 1.165) is 4.31 Å². The fourth-order valence-electron chi connectivity index (χ4n) is 2.10. The van der Waals surface area contributed by atoms with Crippen LogP contribution in [0.25, 0.3) is 0 Å². The molecule has 118 valence electrons. The summed E-state index contributed by atoms with van der Waals surface area (Å²) in [7, 11) is -0.465. The van der Waals surface area contributed by atoms with E-state index in [0.29, 0.717) is 30.6 Å². The monoisotopic (exact) mass is 379 g/mol. The van der Waals surface area contributed by atoms with Crippen LogP contribution in [0.1, 0.15) is 23.4 Å². The predicted molar refractivity (Wildman–Crippen MR) is 81.1 cm³/mol. The van der Waals surface area contributed by atoms with Crippen LogP contribution in [0.5, 0.6) is 0 Å². The minimum absolute atomic E-state index is 0.148. The standard InChI is InChI=1S/C12H18BrN3O4S/c1-15(2)21(18,19)14-9-5-7-16(8-6-9)12(17)10-3-4-11(13)20-10/h3-4,9,14H,5-8H2,1-2H3. The Morgan fingerprint density at radius 1 is 1.38 bits per heavy atom. The zero-order valence-electron chi connectivity index (χ0n) is 11.9. The van der Waals surface area contributed by atoms with Crippen LogP contribution in [-0.2, 0) is 10.2 Å². The van der Waals surface area contributed by atoms with Gasteiger partial charge in [0.05, 0.1) is 0 Å². The van der Waals surface area contributed by atoms with Crippen molar-refractivity contribution in [2.24, 2.45) is 0 Å². The lowest BCUT2D eigenvalue weighted by Gasteiger charge is -2.32. The summed E-state index contributed by atoms with van der Waals surface area (Å²) in [5.74, 6) is 0.115. The van der Waals surface area contributed by atoms with Crippen molar-refractivity contribution < 1.29 is 17.6 Å². The molecule has 0 aromatic carbocycles. The largest absolute Gasteiger partial charge is 0.444 e. The molecule has 21 heavy (non-hydrogen) atoms. The van der Waals surface area contributed by atoms with Crippen molar-refractivity contribution in [3.05, 3.63) is 22.6 Å². The van der Waals surface area contributed by atoms with Crippen LogP contribution < -0.4 is 4.72 Å². The lowest BCUT2D eigenvalue weighted by atomic mass is 10.1. The molecule has 0 aliphatic carbocycles. The van der Waals surface area contributed by atoms with E-state index < -0.39 is 10.2 Å². The maximum absolute atomic E-state index is 12.2. The first kappa shape index (κ1) is 16.5. The van der Waals surface area contributed by atoms with Gasteiger partial charge in [0.25, 0.3) is 16.1 Å². The second kappa shape index (κ2) is 6.47. The zero-order chi connectivity index (χ0) is 15.6. The fraction of sp³-hybridized carbons (Fsp3) is 0.583. The molecule has 0 spiro atoms. The molecular weight excluding hydrogens is 362 g/mol. The van der Waals surface area contributed by atoms with Crippen molar-refractivity contribution in [3.63, 3.8) is 0 Å². The third-order valence-corrected chi connectivity index (χ3v) is 5.38. The first-order chi connectivity index (χ1) is 9.79. The number of carbonyl (C=O) groups is 1. The first-order valence-electron chi connectivity index (χ1n) is 6.54. The minimum atomic E-state index is -3.43. The Labute approximate surface area is 132 Å². The second-order valence-electron chi connectivity index (χ2n) is 5.08. The van der Waals surface area contributed by atoms with E-state index in [1.165, 1.54) is 14.1 Å². The Morgan fingerprint density at radius 3 is 2.48 bits per heavy atom. The summed E-state index contributed by atoms with van der Waals surface area (Å²) in [5, 5.41) is 0. The molecule has 1 aromatic heterocycles. The Morgan fingerprint density at radius 2 is 2.00 bits per heavy atom. The second-order valence-corrected chi connectivity index (χ2v) is 7.77. The van der Waals surface area contributed by atoms with Crippen molar-refractivity contribution in [2.45, 2.75) is 18.9 Å². The number of piperidine rings is 1. The number of nitrogens with zero attached hydrogens (tertiary/aromatic N) is 2. The minimum Gasteiger partial charge on any atom is -0.444 e. The number of halogens is 1. The third-order valence-electron chi connectivity index (χ3n) is 3.36. The molecule has 2 rings (SSSR count). The van der Waals surface area contributed by atoms with Crippen LogP contribution in [0, 0.1) is 0 Å². The van der Waals surface area contributed by atoms with E-state index >= 15 is 0 Å². The Balaban J connectivity index is 1.90. The predicted octanol–water partition coefficient (Wildman–Crippen LogP) is 1.04. The number of carbonyl (C=O) groups excluding carboxylic acids is 1. The Bertz CT molecular complexity index is 606. The van der Waals surface area contributed by atoms with Gasteiger partial charge in [-0.2, -0.15) is 17.4 Å². The Kier molecular flexibility index (Phi) is 5.07. The summed E-state index contributed by atoms with van der Waals surface area (Å²) in [5.41, 5.74) is 0. The van der Waals surface area contributed by atoms with Crippen LogP contribution in [0.3, 0.4) is 0 Å². The first-order valence-corrected chi connectivity index (χ1v) is 8.77. The molecule has 7 nitrogen and oxygen atoms in total. The molecule has 0 atom stereocenters. The lowest BCUT2D eigenvalue weighted by molar-refractivity contribution is 0.0677. The van der Waals surface area contributed by atoms with Crippen LogP contribution >= 0.6 is 15.9 Å². The molecule has 1 aromatic rings. The molecular formula is C12H18BrN3O4S. The topological polar surface area (TPSA) is 82.9 Å². The van der Waals surface area contributed by atoms with Gasteiger partial charge >= 0.3 is 0 Å². The number of hydrogen-bond donors (Lipinski definition) is 1. The quantitative estimate of drug-likeness (QED) is 0.846. The van der Waals surface area contributed by atoms with Crippen LogP contribution in [0.15, 0.2) is 21.2 Å². The molecule has 1 fully saturated rings. The molecule has 1 N–H and O–H groups in total. The highest BCUT2D eigenvalue weighted by Crippen LogP contribution is 2.19. The fourth-order valence-corrected chi connectivity index (χ4v) is 3.28. The number of hydrogen-bond acceptors (Lipinski definition) is 4. The van der Waals surface area contributed by atoms with Gasteiger partial charge in [0.15, 0.2) is 10.4 Å². The normalized spacial score (nSPS) is 17.4. The molecule has 0 bridgehead atoms. The summed E-state index contributed by atoms with van der Waals surface area (Å²) in [6, 6.07) is 3.14. The summed E-state index contributed by atoms with van der Waals surface area (Å²) >= 11 is 3.16. The van der Waals surface area contributed by atoms with Crippen LogP contribution in [0.2, 0.25) is 0 Å². The summed E-state index contributed by atoms with van der Waals surface area (Å²) in [6.45, 7) is 0.996. The molecule has 0 radical (unpaired) electrons. The van der Waals surface area contributed by atoms with Crippen molar-refractivity contribution >= 4 is 32.0 Å². The van der Waals surface area contributed by atoms with Crippen molar-refractivity contribution in [1.29, 1.82) is 0 Å². The average molecular weight is 380 g/mol. The number of rotatable bonds is 4. The van der Waals surface area contributed by atoms with Crippen LogP contribution in [-0.4, -0.2) is 56.8 Å². The maximum atomic E-state index is 12.2. The molecule has 2 heterocycles. The summed E-state index contributed by atoms with van der Waals surface area (Å²) in [4.78, 5) is 13.8. The molecule has 9 heteroatoms. The van der Waals surface area contributed by atoms with Crippen molar-refractivity contribution in [3.8, 4) is 0 Å². The Hall–Kier alpha value is -0.900. The maximum Gasteiger partial charge on any atom is 0.289 e. The average Bonchev–Trinajstić information content (AvgIpc) is 2.85. The van der Waals surface area contributed by atoms with Crippen LogP contribution in [0.4, 0.5) is 0 Å². The number of nitrogens with one attached hydrogen (secondary N) is 1. The highest BCUT2D eigenvalue weighted by molar-refractivity contribution is 9.10. The number of amides is 1. The third kappa shape index (κ3) is 4.06. The molecule has 1 amide bonds. The summed E-state index contributed by atoms with van der Waals surface area (Å²) in [6.07, 6.45) is 1.17. The van der Waals surface area contributed by atoms with E-state index in [-0.39, 0.29) is 17.7 Å². The van der Waals surface area contributed by atoms with E-state index in [4.69, 9.17) is 4.42 Å². The van der Waals surface area contributed by atoms with E-state index in [1.807, 2.05) is 0 Å². The van der Waals surface area contributed by atoms with Gasteiger partial charge in [-0.1, -0.05) is 0 Å². The van der Waals surface area contributed by atoms with Crippen molar-refractivity contribution in [2.75, 3.05) is 27.2 Å². The smallest absolute Gasteiger partial charge is 0.289 e. The van der Waals surface area contributed by atoms with E-state index in [2.05, 4.69) is 20.7 Å². The molecule has 0 saturated carbocycles. The molecule has 1 aliphatic heterocycles. The van der Waals surface area contributed by atoms with Crippen molar-refractivity contribution in [1.82, 2.24) is 13.9 Å². The number of likely N-dealkylation sites (tertiary alicyclic amines) is 1. The van der Waals surface area contributed by atoms with Gasteiger partial charge in [0.1, 0.15) is 0 Å². The lowest BCUT2D eigenvalue weighted by Crippen LogP contribution is -2.49. The van der Waals surface area contributed by atoms with Gasteiger partial charge in [-0.3, -0.25) is 4.79 Å². The molecule has 0 unspecified atom stereocenters. The zero-order valence-corrected chi connectivity index (χ0v) is 14.3. The molecule has 1 aliphatic rings. The van der Waals surface area contributed by atoms with E-state index in [9.17, 15) is 13.2 Å². The van der Waals surface area contributed by atoms with Gasteiger partial charge in [-0.25, -0.2) is 0 Å². The highest BCUT2D eigenvalue weighted by atomic mass is 79.9. The summed E-state index contributed by atoms with van der Waals surface area (Å²) < 4.78 is 33.0. The number of furan rings is 1. The van der Waals surface area contributed by atoms with E-state index in [1.54, 1.807) is 17.0 Å². The van der Waals surface area contributed by atoms with Gasteiger partial charge in [-0.15, -0.1) is 0 Å². The SMILES string of the molecule is CN(C)S(=O)(=O)NC1CCN(C(=O)c2ccc(Br)o2)CC1. The van der Waals surface area contributed by atoms with Gasteiger partial charge in [-0.05, 0) is 40.9 Å².